The minimum atomic E-state index is -0.267. The van der Waals surface area contributed by atoms with Gasteiger partial charge in [0.2, 0.25) is 0 Å². The summed E-state index contributed by atoms with van der Waals surface area (Å²) in [5.41, 5.74) is 1.65. The number of ether oxygens (including phenoxy) is 2. The van der Waals surface area contributed by atoms with E-state index < -0.39 is 0 Å². The van der Waals surface area contributed by atoms with Crippen LogP contribution >= 0.6 is 0 Å². The van der Waals surface area contributed by atoms with Crippen molar-refractivity contribution in [2.24, 2.45) is 0 Å². The highest BCUT2D eigenvalue weighted by Gasteiger charge is 2.23. The molecule has 1 fully saturated rings. The number of benzene rings is 2. The Balaban J connectivity index is 1.67. The summed E-state index contributed by atoms with van der Waals surface area (Å²) in [7, 11) is 3.06. The minimum absolute atomic E-state index is 0.0831. The molecule has 0 unspecified atom stereocenters. The molecular weight excluding hydrogens is 320 g/mol. The molecular formula is C19H20N2O4. The van der Waals surface area contributed by atoms with Gasteiger partial charge in [0.25, 0.3) is 11.8 Å². The van der Waals surface area contributed by atoms with Crippen LogP contribution in [0.25, 0.3) is 0 Å². The molecule has 1 saturated carbocycles. The van der Waals surface area contributed by atoms with Gasteiger partial charge in [-0.25, -0.2) is 0 Å². The zero-order valence-electron chi connectivity index (χ0n) is 14.2. The van der Waals surface area contributed by atoms with Gasteiger partial charge in [-0.15, -0.1) is 0 Å². The Hall–Kier alpha value is -3.02. The Morgan fingerprint density at radius 2 is 1.52 bits per heavy atom. The lowest BCUT2D eigenvalue weighted by molar-refractivity contribution is 0.0950. The van der Waals surface area contributed by atoms with Gasteiger partial charge in [-0.05, 0) is 55.3 Å². The van der Waals surface area contributed by atoms with Crippen molar-refractivity contribution >= 4 is 17.5 Å². The zero-order valence-corrected chi connectivity index (χ0v) is 14.2. The average Bonchev–Trinajstić information content (AvgIpc) is 3.45. The van der Waals surface area contributed by atoms with Crippen LogP contribution in [0.1, 0.15) is 33.6 Å². The van der Waals surface area contributed by atoms with Gasteiger partial charge >= 0.3 is 0 Å². The molecule has 3 rings (SSSR count). The van der Waals surface area contributed by atoms with Crippen LogP contribution in [0.3, 0.4) is 0 Å². The van der Waals surface area contributed by atoms with Gasteiger partial charge in [-0.1, -0.05) is 0 Å². The van der Waals surface area contributed by atoms with Crippen molar-refractivity contribution < 1.29 is 19.1 Å². The molecule has 6 nitrogen and oxygen atoms in total. The molecule has 2 aromatic rings. The number of amides is 2. The second-order valence-corrected chi connectivity index (χ2v) is 5.85. The number of hydrogen-bond donors (Lipinski definition) is 2. The van der Waals surface area contributed by atoms with Gasteiger partial charge in [0.15, 0.2) is 11.5 Å². The third kappa shape index (κ3) is 4.09. The maximum absolute atomic E-state index is 12.4. The largest absolute Gasteiger partial charge is 0.493 e. The van der Waals surface area contributed by atoms with Crippen LogP contribution < -0.4 is 20.1 Å². The van der Waals surface area contributed by atoms with Crippen molar-refractivity contribution in [1.82, 2.24) is 5.32 Å². The summed E-state index contributed by atoms with van der Waals surface area (Å²) in [4.78, 5) is 24.3. The van der Waals surface area contributed by atoms with E-state index in [1.165, 1.54) is 7.11 Å². The Morgan fingerprint density at radius 3 is 2.12 bits per heavy atom. The summed E-state index contributed by atoms with van der Waals surface area (Å²) in [5.74, 6) is 0.698. The van der Waals surface area contributed by atoms with Crippen molar-refractivity contribution in [3.05, 3.63) is 53.6 Å². The van der Waals surface area contributed by atoms with Crippen molar-refractivity contribution in [3.63, 3.8) is 0 Å². The van der Waals surface area contributed by atoms with E-state index in [-0.39, 0.29) is 11.8 Å². The molecule has 0 heterocycles. The summed E-state index contributed by atoms with van der Waals surface area (Å²) in [6, 6.07) is 12.1. The summed E-state index contributed by atoms with van der Waals surface area (Å²) >= 11 is 0. The Labute approximate surface area is 146 Å². The standard InChI is InChI=1S/C19H20N2O4/c1-24-16-10-5-13(11-17(16)25-2)19(23)21-14-6-3-12(4-7-14)18(22)20-15-8-9-15/h3-7,10-11,15H,8-9H2,1-2H3,(H,20,22)(H,21,23). The lowest BCUT2D eigenvalue weighted by Crippen LogP contribution is -2.25. The highest BCUT2D eigenvalue weighted by Crippen LogP contribution is 2.28. The van der Waals surface area contributed by atoms with E-state index in [0.717, 1.165) is 12.8 Å². The molecule has 0 spiro atoms. The van der Waals surface area contributed by atoms with Crippen molar-refractivity contribution in [2.45, 2.75) is 18.9 Å². The fourth-order valence-electron chi connectivity index (χ4n) is 2.38. The molecule has 0 aromatic heterocycles. The first-order valence-corrected chi connectivity index (χ1v) is 8.05. The monoisotopic (exact) mass is 340 g/mol. The smallest absolute Gasteiger partial charge is 0.255 e. The molecule has 0 bridgehead atoms. The number of carbonyl (C=O) groups excluding carboxylic acids is 2. The number of anilines is 1. The summed E-state index contributed by atoms with van der Waals surface area (Å²) < 4.78 is 10.4. The molecule has 6 heteroatoms. The van der Waals surface area contributed by atoms with Gasteiger partial charge < -0.3 is 20.1 Å². The molecule has 2 N–H and O–H groups in total. The van der Waals surface area contributed by atoms with Crippen LogP contribution in [0.4, 0.5) is 5.69 Å². The highest BCUT2D eigenvalue weighted by atomic mass is 16.5. The fourth-order valence-corrected chi connectivity index (χ4v) is 2.38. The van der Waals surface area contributed by atoms with Crippen LogP contribution in [0.5, 0.6) is 11.5 Å². The van der Waals surface area contributed by atoms with Crippen molar-refractivity contribution in [1.29, 1.82) is 0 Å². The molecule has 1 aliphatic rings. The zero-order chi connectivity index (χ0) is 17.8. The van der Waals surface area contributed by atoms with Crippen LogP contribution in [-0.4, -0.2) is 32.1 Å². The molecule has 130 valence electrons. The quantitative estimate of drug-likeness (QED) is 0.848. The highest BCUT2D eigenvalue weighted by molar-refractivity contribution is 6.05. The molecule has 25 heavy (non-hydrogen) atoms. The van der Waals surface area contributed by atoms with Gasteiger partial charge in [0, 0.05) is 22.9 Å². The number of nitrogens with one attached hydrogen (secondary N) is 2. The third-order valence-electron chi connectivity index (χ3n) is 3.96. The van der Waals surface area contributed by atoms with Crippen LogP contribution in [0.15, 0.2) is 42.5 Å². The first-order valence-electron chi connectivity index (χ1n) is 8.05. The Bertz CT molecular complexity index is 783. The Kier molecular flexibility index (Phi) is 4.88. The summed E-state index contributed by atoms with van der Waals surface area (Å²) in [5, 5.41) is 5.73. The van der Waals surface area contributed by atoms with Gasteiger partial charge in [-0.2, -0.15) is 0 Å². The molecule has 0 saturated heterocycles. The van der Waals surface area contributed by atoms with Crippen LogP contribution in [0, 0.1) is 0 Å². The van der Waals surface area contributed by atoms with E-state index in [4.69, 9.17) is 9.47 Å². The maximum atomic E-state index is 12.4. The fraction of sp³-hybridized carbons (Fsp3) is 0.263. The topological polar surface area (TPSA) is 76.7 Å². The molecule has 0 radical (unpaired) electrons. The lowest BCUT2D eigenvalue weighted by atomic mass is 10.1. The number of hydrogen-bond acceptors (Lipinski definition) is 4. The van der Waals surface area contributed by atoms with Gasteiger partial charge in [0.1, 0.15) is 0 Å². The predicted octanol–water partition coefficient (Wildman–Crippen LogP) is 2.85. The van der Waals surface area contributed by atoms with E-state index >= 15 is 0 Å². The lowest BCUT2D eigenvalue weighted by Gasteiger charge is -2.10. The van der Waals surface area contributed by atoms with Gasteiger partial charge in [-0.3, -0.25) is 9.59 Å². The first-order chi connectivity index (χ1) is 12.1. The molecule has 2 aromatic carbocycles. The molecule has 0 atom stereocenters. The van der Waals surface area contributed by atoms with Crippen molar-refractivity contribution in [2.75, 3.05) is 19.5 Å². The molecule has 1 aliphatic carbocycles. The second kappa shape index (κ2) is 7.25. The van der Waals surface area contributed by atoms with Crippen LogP contribution in [-0.2, 0) is 0 Å². The van der Waals surface area contributed by atoms with Gasteiger partial charge in [0.05, 0.1) is 14.2 Å². The molecule has 2 amide bonds. The first kappa shape index (κ1) is 16.8. The molecule has 0 aliphatic heterocycles. The van der Waals surface area contributed by atoms with Crippen LogP contribution in [0.2, 0.25) is 0 Å². The second-order valence-electron chi connectivity index (χ2n) is 5.85. The number of rotatable bonds is 6. The average molecular weight is 340 g/mol. The third-order valence-corrected chi connectivity index (χ3v) is 3.96. The van der Waals surface area contributed by atoms with E-state index in [9.17, 15) is 9.59 Å². The van der Waals surface area contributed by atoms with E-state index in [2.05, 4.69) is 10.6 Å². The maximum Gasteiger partial charge on any atom is 0.255 e. The summed E-state index contributed by atoms with van der Waals surface area (Å²) in [6.07, 6.45) is 2.09. The number of carbonyl (C=O) groups is 2. The normalized spacial score (nSPS) is 13.0. The minimum Gasteiger partial charge on any atom is -0.493 e. The van der Waals surface area contributed by atoms with E-state index in [1.807, 2.05) is 0 Å². The SMILES string of the molecule is COc1ccc(C(=O)Nc2ccc(C(=O)NC3CC3)cc2)cc1OC. The van der Waals surface area contributed by atoms with E-state index in [1.54, 1.807) is 49.6 Å². The number of methoxy groups -OCH3 is 2. The van der Waals surface area contributed by atoms with Crippen molar-refractivity contribution in [3.8, 4) is 11.5 Å². The Morgan fingerprint density at radius 1 is 0.880 bits per heavy atom. The van der Waals surface area contributed by atoms with E-state index in [0.29, 0.717) is 34.4 Å². The predicted molar refractivity (Wildman–Crippen MR) is 94.4 cm³/mol. The summed E-state index contributed by atoms with van der Waals surface area (Å²) in [6.45, 7) is 0.